The maximum Gasteiger partial charge on any atom is 0.139 e. The van der Waals surface area contributed by atoms with Crippen molar-refractivity contribution in [2.45, 2.75) is 31.8 Å². The number of piperidine rings is 1. The Morgan fingerprint density at radius 1 is 0.955 bits per heavy atom. The Labute approximate surface area is 132 Å². The first-order valence-corrected chi connectivity index (χ1v) is 8.07. The molecule has 2 nitrogen and oxygen atoms in total. The Balaban J connectivity index is 1.99. The highest BCUT2D eigenvalue weighted by Gasteiger charge is 2.40. The zero-order valence-electron chi connectivity index (χ0n) is 13.3. The average Bonchev–Trinajstić information content (AvgIpc) is 2.57. The largest absolute Gasteiger partial charge is 0.299 e. The molecule has 3 atom stereocenters. The minimum Gasteiger partial charge on any atom is -0.299 e. The summed E-state index contributed by atoms with van der Waals surface area (Å²) in [6.45, 7) is 2.12. The lowest BCUT2D eigenvalue weighted by Gasteiger charge is -2.44. The number of carbonyl (C=O) groups excluding carboxylic acids is 1. The number of likely N-dealkylation sites (tertiary alicyclic amines) is 1. The van der Waals surface area contributed by atoms with Crippen LogP contribution in [0.1, 0.15) is 43.0 Å². The fourth-order valence-electron chi connectivity index (χ4n) is 3.74. The quantitative estimate of drug-likeness (QED) is 0.836. The first-order valence-electron chi connectivity index (χ1n) is 8.07. The van der Waals surface area contributed by atoms with Crippen molar-refractivity contribution in [3.63, 3.8) is 0 Å². The van der Waals surface area contributed by atoms with Crippen LogP contribution in [0, 0.1) is 5.92 Å². The molecule has 0 radical (unpaired) electrons. The first kappa shape index (κ1) is 15.0. The highest BCUT2D eigenvalue weighted by atomic mass is 16.1. The van der Waals surface area contributed by atoms with Crippen LogP contribution in [0.15, 0.2) is 60.7 Å². The smallest absolute Gasteiger partial charge is 0.139 e. The fraction of sp³-hybridized carbons (Fsp3) is 0.350. The number of rotatable bonds is 3. The van der Waals surface area contributed by atoms with E-state index in [9.17, 15) is 4.79 Å². The fourth-order valence-corrected chi connectivity index (χ4v) is 3.74. The molecular weight excluding hydrogens is 270 g/mol. The molecule has 1 aliphatic rings. The summed E-state index contributed by atoms with van der Waals surface area (Å²) in [4.78, 5) is 15.1. The van der Waals surface area contributed by atoms with E-state index < -0.39 is 0 Å². The summed E-state index contributed by atoms with van der Waals surface area (Å²) in [5.41, 5.74) is 2.47. The minimum absolute atomic E-state index is 0.0902. The molecule has 0 N–H and O–H groups in total. The van der Waals surface area contributed by atoms with Crippen LogP contribution in [-0.2, 0) is 4.79 Å². The van der Waals surface area contributed by atoms with Crippen LogP contribution < -0.4 is 0 Å². The van der Waals surface area contributed by atoms with Crippen LogP contribution >= 0.6 is 0 Å². The first-order chi connectivity index (χ1) is 10.7. The summed E-state index contributed by atoms with van der Waals surface area (Å²) in [6.07, 6.45) is 1.51. The molecule has 0 bridgehead atoms. The topological polar surface area (TPSA) is 20.3 Å². The van der Waals surface area contributed by atoms with Gasteiger partial charge in [-0.15, -0.1) is 0 Å². The molecule has 0 saturated carbocycles. The normalized spacial score (nSPS) is 26.1. The van der Waals surface area contributed by atoms with E-state index in [4.69, 9.17) is 0 Å². The zero-order valence-corrected chi connectivity index (χ0v) is 13.3. The molecule has 0 spiro atoms. The Hall–Kier alpha value is -1.93. The lowest BCUT2D eigenvalue weighted by atomic mass is 9.78. The summed E-state index contributed by atoms with van der Waals surface area (Å²) in [5, 5.41) is 0. The van der Waals surface area contributed by atoms with E-state index in [0.29, 0.717) is 12.2 Å². The number of ketones is 1. The van der Waals surface area contributed by atoms with E-state index in [1.54, 1.807) is 0 Å². The molecule has 2 heteroatoms. The molecule has 1 aliphatic heterocycles. The van der Waals surface area contributed by atoms with Crippen LogP contribution in [-0.4, -0.2) is 17.7 Å². The molecule has 0 aliphatic carbocycles. The molecule has 1 heterocycles. The summed E-state index contributed by atoms with van der Waals surface area (Å²) < 4.78 is 0. The van der Waals surface area contributed by atoms with Crippen LogP contribution in [0.2, 0.25) is 0 Å². The van der Waals surface area contributed by atoms with E-state index >= 15 is 0 Å². The maximum absolute atomic E-state index is 12.7. The summed E-state index contributed by atoms with van der Waals surface area (Å²) >= 11 is 0. The number of hydrogen-bond donors (Lipinski definition) is 0. The molecule has 0 unspecified atom stereocenters. The van der Waals surface area contributed by atoms with Crippen molar-refractivity contribution in [1.29, 1.82) is 0 Å². The van der Waals surface area contributed by atoms with Crippen molar-refractivity contribution in [1.82, 2.24) is 4.90 Å². The predicted octanol–water partition coefficient (Wildman–Crippen LogP) is 4.40. The van der Waals surface area contributed by atoms with Gasteiger partial charge in [0.1, 0.15) is 5.78 Å². The zero-order chi connectivity index (χ0) is 15.5. The molecule has 22 heavy (non-hydrogen) atoms. The third-order valence-electron chi connectivity index (χ3n) is 4.88. The van der Waals surface area contributed by atoms with Gasteiger partial charge in [0.15, 0.2) is 0 Å². The van der Waals surface area contributed by atoms with Gasteiger partial charge in [-0.25, -0.2) is 0 Å². The number of nitrogens with zero attached hydrogens (tertiary/aromatic N) is 1. The monoisotopic (exact) mass is 293 g/mol. The predicted molar refractivity (Wildman–Crippen MR) is 89.5 cm³/mol. The average molecular weight is 293 g/mol. The molecule has 3 rings (SSSR count). The minimum atomic E-state index is 0.0902. The van der Waals surface area contributed by atoms with E-state index in [1.807, 2.05) is 12.1 Å². The van der Waals surface area contributed by atoms with Gasteiger partial charge in [-0.2, -0.15) is 0 Å². The van der Waals surface area contributed by atoms with Gasteiger partial charge >= 0.3 is 0 Å². The van der Waals surface area contributed by atoms with Crippen molar-refractivity contribution >= 4 is 5.78 Å². The van der Waals surface area contributed by atoms with Crippen molar-refractivity contribution in [2.75, 3.05) is 7.05 Å². The Bertz CT molecular complexity index is 623. The van der Waals surface area contributed by atoms with Crippen molar-refractivity contribution in [2.24, 2.45) is 5.92 Å². The second-order valence-electron chi connectivity index (χ2n) is 6.13. The summed E-state index contributed by atoms with van der Waals surface area (Å²) in [6, 6.07) is 21.2. The van der Waals surface area contributed by atoms with Crippen molar-refractivity contribution in [3.8, 4) is 0 Å². The highest BCUT2D eigenvalue weighted by molar-refractivity contribution is 5.83. The van der Waals surface area contributed by atoms with Gasteiger partial charge in [0, 0.05) is 24.4 Å². The lowest BCUT2D eigenvalue weighted by Crippen LogP contribution is -2.43. The highest BCUT2D eigenvalue weighted by Crippen LogP contribution is 2.43. The van der Waals surface area contributed by atoms with Gasteiger partial charge in [-0.1, -0.05) is 67.6 Å². The van der Waals surface area contributed by atoms with Gasteiger partial charge in [0.05, 0.1) is 0 Å². The second-order valence-corrected chi connectivity index (χ2v) is 6.13. The van der Waals surface area contributed by atoms with Crippen molar-refractivity contribution < 1.29 is 4.79 Å². The molecule has 0 aromatic heterocycles. The molecule has 114 valence electrons. The Morgan fingerprint density at radius 3 is 2.05 bits per heavy atom. The third kappa shape index (κ3) is 2.71. The Morgan fingerprint density at radius 2 is 1.50 bits per heavy atom. The molecular formula is C20H23NO. The van der Waals surface area contributed by atoms with Gasteiger partial charge in [-0.05, 0) is 24.6 Å². The SMILES string of the molecule is CC[C@H]1C(=O)C[C@@H](c2ccccc2)N(C)[C@H]1c1ccccc1. The van der Waals surface area contributed by atoms with E-state index in [0.717, 1.165) is 6.42 Å². The Kier molecular flexibility index (Phi) is 4.39. The van der Waals surface area contributed by atoms with Crippen LogP contribution in [0.5, 0.6) is 0 Å². The van der Waals surface area contributed by atoms with E-state index in [2.05, 4.69) is 67.4 Å². The lowest BCUT2D eigenvalue weighted by molar-refractivity contribution is -0.131. The van der Waals surface area contributed by atoms with E-state index in [-0.39, 0.29) is 18.0 Å². The summed E-state index contributed by atoms with van der Waals surface area (Å²) in [5.74, 6) is 0.482. The number of hydrogen-bond acceptors (Lipinski definition) is 2. The molecule has 1 fully saturated rings. The van der Waals surface area contributed by atoms with Crippen LogP contribution in [0.4, 0.5) is 0 Å². The van der Waals surface area contributed by atoms with Gasteiger partial charge < -0.3 is 0 Å². The molecule has 0 amide bonds. The number of Topliss-reactive ketones (excluding diaryl/α,β-unsaturated/α-hetero) is 1. The van der Waals surface area contributed by atoms with Crippen LogP contribution in [0.3, 0.4) is 0 Å². The third-order valence-corrected chi connectivity index (χ3v) is 4.88. The number of carbonyl (C=O) groups is 1. The van der Waals surface area contributed by atoms with Gasteiger partial charge in [0.25, 0.3) is 0 Å². The van der Waals surface area contributed by atoms with E-state index in [1.165, 1.54) is 11.1 Å². The second kappa shape index (κ2) is 6.45. The maximum atomic E-state index is 12.7. The van der Waals surface area contributed by atoms with Crippen molar-refractivity contribution in [3.05, 3.63) is 71.8 Å². The molecule has 2 aromatic rings. The molecule has 2 aromatic carbocycles. The van der Waals surface area contributed by atoms with Gasteiger partial charge in [-0.3, -0.25) is 9.69 Å². The number of benzene rings is 2. The van der Waals surface area contributed by atoms with Crippen LogP contribution in [0.25, 0.3) is 0 Å². The standard InChI is InChI=1S/C20H23NO/c1-3-17-19(22)14-18(15-10-6-4-7-11-15)21(2)20(17)16-12-8-5-9-13-16/h4-13,17-18,20H,3,14H2,1-2H3/t17-,18-,20-/m0/s1. The van der Waals surface area contributed by atoms with Gasteiger partial charge in [0.2, 0.25) is 0 Å². The summed E-state index contributed by atoms with van der Waals surface area (Å²) in [7, 11) is 2.16. The molecule has 1 saturated heterocycles.